The Balaban J connectivity index is 0.000000162. The maximum absolute atomic E-state index is 9.25. The van der Waals surface area contributed by atoms with Gasteiger partial charge in [0, 0.05) is 6.08 Å². The largest absolute Gasteiger partial charge is 0.478 e. The Hall–Kier alpha value is -1.51. The van der Waals surface area contributed by atoms with Gasteiger partial charge in [-0.3, -0.25) is 0 Å². The Morgan fingerprint density at radius 2 is 1.90 bits per heavy atom. The minimum atomic E-state index is -0.981. The van der Waals surface area contributed by atoms with Crippen LogP contribution in [0.1, 0.15) is 0 Å². The van der Waals surface area contributed by atoms with Gasteiger partial charge in [0.15, 0.2) is 0 Å². The molecule has 0 aliphatic carbocycles. The van der Waals surface area contributed by atoms with Gasteiger partial charge in [-0.15, -0.1) is 0 Å². The van der Waals surface area contributed by atoms with Crippen LogP contribution in [-0.4, -0.2) is 11.1 Å². The summed E-state index contributed by atoms with van der Waals surface area (Å²) in [7, 11) is 0. The van der Waals surface area contributed by atoms with Crippen LogP contribution in [0.4, 0.5) is 0 Å². The second kappa shape index (κ2) is 5.62. The van der Waals surface area contributed by atoms with Gasteiger partial charge in [0.1, 0.15) is 0 Å². The molecule has 0 spiro atoms. The van der Waals surface area contributed by atoms with E-state index in [4.69, 9.17) is 5.11 Å². The summed E-state index contributed by atoms with van der Waals surface area (Å²) in [5, 5.41) is 7.60. The van der Waals surface area contributed by atoms with E-state index in [1.807, 2.05) is 12.1 Å². The fraction of sp³-hybridized carbons (Fsp3) is 0. The van der Waals surface area contributed by atoms with Crippen molar-refractivity contribution >= 4 is 5.97 Å². The highest BCUT2D eigenvalue weighted by Crippen LogP contribution is 1.79. The summed E-state index contributed by atoms with van der Waals surface area (Å²) in [6, 6.07) is 3.67. The lowest BCUT2D eigenvalue weighted by Gasteiger charge is -1.64. The second-order valence-corrected chi connectivity index (χ2v) is 1.34. The molecular formula is C7H8O3. The molecule has 1 aromatic heterocycles. The molecule has 0 atom stereocenters. The molecule has 0 fully saturated rings. The Morgan fingerprint density at radius 3 is 2.00 bits per heavy atom. The molecule has 0 radical (unpaired) electrons. The van der Waals surface area contributed by atoms with Crippen molar-refractivity contribution in [1.82, 2.24) is 0 Å². The SMILES string of the molecule is C=CC(=O)O.c1ccoc1. The van der Waals surface area contributed by atoms with Gasteiger partial charge in [-0.25, -0.2) is 4.79 Å². The summed E-state index contributed by atoms with van der Waals surface area (Å²) in [6.45, 7) is 2.96. The molecule has 0 bridgehead atoms. The van der Waals surface area contributed by atoms with Gasteiger partial charge in [-0.1, -0.05) is 6.58 Å². The molecule has 1 rings (SSSR count). The second-order valence-electron chi connectivity index (χ2n) is 1.34. The predicted molar refractivity (Wildman–Crippen MR) is 36.5 cm³/mol. The van der Waals surface area contributed by atoms with Gasteiger partial charge in [-0.05, 0) is 12.1 Å². The summed E-state index contributed by atoms with van der Waals surface area (Å²) in [5.74, 6) is -0.981. The average Bonchev–Trinajstić information content (AvgIpc) is 2.43. The third kappa shape index (κ3) is 6.49. The molecule has 10 heavy (non-hydrogen) atoms. The van der Waals surface area contributed by atoms with E-state index in [1.165, 1.54) is 0 Å². The fourth-order valence-corrected chi connectivity index (χ4v) is 0.227. The van der Waals surface area contributed by atoms with Crippen LogP contribution >= 0.6 is 0 Å². The third-order valence-corrected chi connectivity index (χ3v) is 0.600. The highest BCUT2D eigenvalue weighted by atomic mass is 16.4. The highest BCUT2D eigenvalue weighted by molar-refractivity contribution is 5.78. The minimum absolute atomic E-state index is 0.833. The van der Waals surface area contributed by atoms with E-state index in [0.717, 1.165) is 6.08 Å². The van der Waals surface area contributed by atoms with Crippen LogP contribution in [-0.2, 0) is 4.79 Å². The molecule has 0 aliphatic heterocycles. The van der Waals surface area contributed by atoms with Crippen molar-refractivity contribution in [2.75, 3.05) is 0 Å². The lowest BCUT2D eigenvalue weighted by Crippen LogP contribution is -1.82. The molecule has 1 N–H and O–H groups in total. The van der Waals surface area contributed by atoms with Crippen LogP contribution in [0.15, 0.2) is 41.7 Å². The van der Waals surface area contributed by atoms with Crippen molar-refractivity contribution in [3.8, 4) is 0 Å². The first-order chi connectivity index (χ1) is 4.77. The van der Waals surface area contributed by atoms with E-state index in [0.29, 0.717) is 0 Å². The van der Waals surface area contributed by atoms with Crippen molar-refractivity contribution in [2.45, 2.75) is 0 Å². The first-order valence-electron chi connectivity index (χ1n) is 2.60. The number of carbonyl (C=O) groups is 1. The predicted octanol–water partition coefficient (Wildman–Crippen LogP) is 1.54. The normalized spacial score (nSPS) is 7.20. The van der Waals surface area contributed by atoms with Gasteiger partial charge in [0.05, 0.1) is 12.5 Å². The Kier molecular flexibility index (Phi) is 4.77. The van der Waals surface area contributed by atoms with E-state index >= 15 is 0 Å². The van der Waals surface area contributed by atoms with Crippen LogP contribution in [0.5, 0.6) is 0 Å². The molecule has 0 amide bonds. The zero-order valence-corrected chi connectivity index (χ0v) is 5.36. The van der Waals surface area contributed by atoms with E-state index < -0.39 is 5.97 Å². The Bertz CT molecular complexity index is 160. The number of furan rings is 1. The first kappa shape index (κ1) is 8.49. The lowest BCUT2D eigenvalue weighted by molar-refractivity contribution is -0.131. The molecular weight excluding hydrogens is 132 g/mol. The number of carboxylic acid groups (broad SMARTS) is 1. The van der Waals surface area contributed by atoms with Gasteiger partial charge in [0.25, 0.3) is 0 Å². The zero-order chi connectivity index (χ0) is 7.82. The number of aliphatic carboxylic acids is 1. The van der Waals surface area contributed by atoms with Crippen LogP contribution in [0.3, 0.4) is 0 Å². The summed E-state index contributed by atoms with van der Waals surface area (Å²) < 4.78 is 4.58. The number of rotatable bonds is 1. The zero-order valence-electron chi connectivity index (χ0n) is 5.36. The molecule has 1 aromatic rings. The fourth-order valence-electron chi connectivity index (χ4n) is 0.227. The Morgan fingerprint density at radius 1 is 1.50 bits per heavy atom. The van der Waals surface area contributed by atoms with Crippen LogP contribution in [0.2, 0.25) is 0 Å². The van der Waals surface area contributed by atoms with Gasteiger partial charge in [0.2, 0.25) is 0 Å². The third-order valence-electron chi connectivity index (χ3n) is 0.600. The summed E-state index contributed by atoms with van der Waals surface area (Å²) in [4.78, 5) is 9.25. The lowest BCUT2D eigenvalue weighted by atomic mass is 10.7. The van der Waals surface area contributed by atoms with Crippen molar-refractivity contribution in [2.24, 2.45) is 0 Å². The van der Waals surface area contributed by atoms with Gasteiger partial charge >= 0.3 is 5.97 Å². The Labute approximate surface area is 58.6 Å². The van der Waals surface area contributed by atoms with E-state index in [1.54, 1.807) is 12.5 Å². The monoisotopic (exact) mass is 140 g/mol. The number of hydrogen-bond acceptors (Lipinski definition) is 2. The van der Waals surface area contributed by atoms with E-state index in [-0.39, 0.29) is 0 Å². The molecule has 0 unspecified atom stereocenters. The van der Waals surface area contributed by atoms with Crippen molar-refractivity contribution in [3.63, 3.8) is 0 Å². The average molecular weight is 140 g/mol. The van der Waals surface area contributed by atoms with Crippen molar-refractivity contribution in [1.29, 1.82) is 0 Å². The molecule has 0 saturated heterocycles. The van der Waals surface area contributed by atoms with Crippen LogP contribution in [0, 0.1) is 0 Å². The summed E-state index contributed by atoms with van der Waals surface area (Å²) in [5.41, 5.74) is 0. The maximum Gasteiger partial charge on any atom is 0.327 e. The maximum atomic E-state index is 9.25. The topological polar surface area (TPSA) is 50.4 Å². The first-order valence-corrected chi connectivity index (χ1v) is 2.60. The molecule has 3 nitrogen and oxygen atoms in total. The molecule has 0 aromatic carbocycles. The van der Waals surface area contributed by atoms with Gasteiger partial charge < -0.3 is 9.52 Å². The standard InChI is InChI=1S/C4H4O.C3H4O2/c1-2-4-5-3-1;1-2-3(4)5/h1-4H;2H,1H2,(H,4,5). The van der Waals surface area contributed by atoms with Crippen molar-refractivity contribution in [3.05, 3.63) is 37.3 Å². The number of hydrogen-bond donors (Lipinski definition) is 1. The smallest absolute Gasteiger partial charge is 0.327 e. The molecule has 0 aliphatic rings. The van der Waals surface area contributed by atoms with Crippen LogP contribution < -0.4 is 0 Å². The molecule has 1 heterocycles. The number of carboxylic acids is 1. The van der Waals surface area contributed by atoms with E-state index in [2.05, 4.69) is 11.0 Å². The van der Waals surface area contributed by atoms with Crippen molar-refractivity contribution < 1.29 is 14.3 Å². The van der Waals surface area contributed by atoms with E-state index in [9.17, 15) is 4.79 Å². The molecule has 3 heteroatoms. The van der Waals surface area contributed by atoms with Gasteiger partial charge in [-0.2, -0.15) is 0 Å². The van der Waals surface area contributed by atoms with Crippen LogP contribution in [0.25, 0.3) is 0 Å². The highest BCUT2D eigenvalue weighted by Gasteiger charge is 1.73. The summed E-state index contributed by atoms with van der Waals surface area (Å²) in [6.07, 6.45) is 4.08. The quantitative estimate of drug-likeness (QED) is 0.602. The minimum Gasteiger partial charge on any atom is -0.478 e. The molecule has 0 saturated carbocycles. The summed E-state index contributed by atoms with van der Waals surface area (Å²) >= 11 is 0. The molecule has 54 valence electrons.